The number of fused-ring (bicyclic) bond motifs is 1. The minimum Gasteiger partial charge on any atom is -0.495 e. The normalized spacial score (nSPS) is 17.5. The Balaban J connectivity index is 0.00000152. The average Bonchev–Trinajstić information content (AvgIpc) is 3.75. The zero-order valence-electron chi connectivity index (χ0n) is 32.7. The van der Waals surface area contributed by atoms with Gasteiger partial charge in [0, 0.05) is 33.6 Å². The van der Waals surface area contributed by atoms with Crippen LogP contribution in [0.2, 0.25) is 0 Å². The molecule has 0 amide bonds. The fourth-order valence-corrected chi connectivity index (χ4v) is 6.78. The van der Waals surface area contributed by atoms with Crippen LogP contribution < -0.4 is 25.9 Å². The van der Waals surface area contributed by atoms with Crippen molar-refractivity contribution in [2.75, 3.05) is 45.9 Å². The third kappa shape index (κ3) is 13.8. The van der Waals surface area contributed by atoms with Gasteiger partial charge in [-0.2, -0.15) is 13.2 Å². The van der Waals surface area contributed by atoms with Crippen LogP contribution in [0.1, 0.15) is 79.7 Å². The Labute approximate surface area is 311 Å². The van der Waals surface area contributed by atoms with E-state index in [9.17, 15) is 17.6 Å². The predicted molar refractivity (Wildman–Crippen MR) is 211 cm³/mol. The van der Waals surface area contributed by atoms with Crippen LogP contribution in [0, 0.1) is 0 Å². The lowest BCUT2D eigenvalue weighted by Gasteiger charge is -2.34. The molecule has 3 aromatic rings. The first-order valence-corrected chi connectivity index (χ1v) is 20.2. The van der Waals surface area contributed by atoms with Crippen molar-refractivity contribution in [2.45, 2.75) is 111 Å². The number of hydrogen-bond acceptors (Lipinski definition) is 7. The molecule has 5 rings (SSSR count). The predicted octanol–water partition coefficient (Wildman–Crippen LogP) is 9.03. The second-order valence-corrected chi connectivity index (χ2v) is 13.4. The Morgan fingerprint density at radius 2 is 1.71 bits per heavy atom. The van der Waals surface area contributed by atoms with Gasteiger partial charge in [-0.3, -0.25) is 0 Å². The number of nitrogens with one attached hydrogen (secondary N) is 2. The van der Waals surface area contributed by atoms with Crippen molar-refractivity contribution in [3.63, 3.8) is 0 Å². The molecule has 0 saturated carbocycles. The summed E-state index contributed by atoms with van der Waals surface area (Å²) in [5.41, 5.74) is 2.03. The number of thioether (sulfide) groups is 1. The van der Waals surface area contributed by atoms with Crippen molar-refractivity contribution >= 4 is 40.6 Å². The maximum absolute atomic E-state index is 14.5. The van der Waals surface area contributed by atoms with E-state index in [4.69, 9.17) is 4.74 Å². The molecular formula is C38H61F4N6OS2+. The molecule has 2 aromatic heterocycles. The topological polar surface area (TPSA) is 64.0 Å². The Hall–Kier alpha value is -3.03. The molecule has 1 aromatic carbocycles. The second-order valence-electron chi connectivity index (χ2n) is 11.5. The maximum Gasteiger partial charge on any atom is 0.406 e. The van der Waals surface area contributed by atoms with Gasteiger partial charge in [0.1, 0.15) is 23.8 Å². The molecule has 13 heteroatoms. The standard InChI is InChI=1S/C30H37F4N6OS2.4C2H6/c1-40(2)13-12-20(9-8-19(31)17-40)36-23-6-5-7-25-22(23)15-26(39(25)18-30(32,33)34)29-38-37-28(43-29)16-35-24-11-10-21(42-4)14-27(24)41-3;4*1-2/h7-11,14-15,19-20,35-36H,5-6,12-13,16-18H2,1-4H3;4*1-2H3/q+1;;;;. The van der Waals surface area contributed by atoms with Gasteiger partial charge in [-0.1, -0.05) is 78.9 Å². The summed E-state index contributed by atoms with van der Waals surface area (Å²) in [5.74, 6) is 0.693. The Bertz CT molecular complexity index is 1600. The quantitative estimate of drug-likeness (QED) is 0.0984. The van der Waals surface area contributed by atoms with Gasteiger partial charge >= 0.3 is 6.18 Å². The highest BCUT2D eigenvalue weighted by molar-refractivity contribution is 7.98. The number of aromatic nitrogens is 3. The lowest BCUT2D eigenvalue weighted by atomic mass is 10.0. The number of anilines is 1. The summed E-state index contributed by atoms with van der Waals surface area (Å²) in [4.78, 5) is 1.07. The average molecular weight is 758 g/mol. The van der Waals surface area contributed by atoms with E-state index in [0.717, 1.165) is 34.5 Å². The number of quaternary nitrogens is 1. The largest absolute Gasteiger partial charge is 0.495 e. The first-order chi connectivity index (χ1) is 24.4. The molecule has 2 atom stereocenters. The van der Waals surface area contributed by atoms with Gasteiger partial charge in [0.25, 0.3) is 0 Å². The smallest absolute Gasteiger partial charge is 0.406 e. The maximum atomic E-state index is 14.5. The fraction of sp³-hybridized carbons (Fsp3) is 0.579. The molecular weight excluding hydrogens is 697 g/mol. The third-order valence-electron chi connectivity index (χ3n) is 7.68. The van der Waals surface area contributed by atoms with Crippen molar-refractivity contribution in [3.05, 3.63) is 52.0 Å². The number of nitrogens with zero attached hydrogens (tertiary/aromatic N) is 4. The number of methoxy groups -OCH3 is 1. The second kappa shape index (κ2) is 22.8. The first-order valence-electron chi connectivity index (χ1n) is 18.1. The molecule has 3 heterocycles. The van der Waals surface area contributed by atoms with Crippen LogP contribution in [0.15, 0.2) is 41.3 Å². The van der Waals surface area contributed by atoms with Crippen LogP contribution in [0.5, 0.6) is 5.75 Å². The van der Waals surface area contributed by atoms with Crippen LogP contribution in [-0.2, 0) is 13.1 Å². The van der Waals surface area contributed by atoms with Gasteiger partial charge in [-0.25, -0.2) is 4.39 Å². The van der Waals surface area contributed by atoms with Crippen LogP contribution in [0.3, 0.4) is 0 Å². The molecule has 1 aliphatic carbocycles. The molecule has 0 saturated heterocycles. The molecule has 2 aliphatic rings. The Morgan fingerprint density at radius 3 is 2.33 bits per heavy atom. The van der Waals surface area contributed by atoms with Crippen molar-refractivity contribution in [1.29, 1.82) is 0 Å². The van der Waals surface area contributed by atoms with Crippen LogP contribution >= 0.6 is 23.1 Å². The van der Waals surface area contributed by atoms with Crippen molar-refractivity contribution < 1.29 is 26.8 Å². The lowest BCUT2D eigenvalue weighted by molar-refractivity contribution is -0.892. The van der Waals surface area contributed by atoms with Gasteiger partial charge < -0.3 is 24.4 Å². The van der Waals surface area contributed by atoms with E-state index in [0.29, 0.717) is 57.2 Å². The lowest BCUT2D eigenvalue weighted by Crippen LogP contribution is -2.48. The molecule has 2 N–H and O–H groups in total. The van der Waals surface area contributed by atoms with Crippen LogP contribution in [0.25, 0.3) is 22.5 Å². The minimum absolute atomic E-state index is 0.118. The van der Waals surface area contributed by atoms with E-state index in [1.165, 1.54) is 15.9 Å². The highest BCUT2D eigenvalue weighted by Crippen LogP contribution is 2.31. The van der Waals surface area contributed by atoms with Gasteiger partial charge in [-0.05, 0) is 49.4 Å². The summed E-state index contributed by atoms with van der Waals surface area (Å²) in [6.45, 7) is 16.4. The number of alkyl halides is 4. The summed E-state index contributed by atoms with van der Waals surface area (Å²) in [5, 5.41) is 17.7. The third-order valence-corrected chi connectivity index (χ3v) is 9.35. The molecule has 7 nitrogen and oxygen atoms in total. The Kier molecular flexibility index (Phi) is 20.6. The van der Waals surface area contributed by atoms with Crippen LogP contribution in [-0.4, -0.2) is 78.2 Å². The SMILES string of the molecule is CC.CC.CC.CC.COc1cc(SC)ccc1NCc1nnc(-c2cc3c(n2CC(F)(F)F)=CCCC=3NC2C=CC(F)C[N+](C)(C)CC2)s1. The molecule has 2 unspecified atom stereocenters. The van der Waals surface area contributed by atoms with Gasteiger partial charge in [-0.15, -0.1) is 22.0 Å². The van der Waals surface area contributed by atoms with Crippen LogP contribution in [0.4, 0.5) is 23.2 Å². The first kappa shape index (κ1) is 46.0. The molecule has 0 bridgehead atoms. The summed E-state index contributed by atoms with van der Waals surface area (Å²) < 4.78 is 63.3. The zero-order valence-corrected chi connectivity index (χ0v) is 34.3. The summed E-state index contributed by atoms with van der Waals surface area (Å²) in [6.07, 6.45) is 3.87. The summed E-state index contributed by atoms with van der Waals surface area (Å²) in [7, 11) is 5.63. The minimum atomic E-state index is -4.42. The van der Waals surface area contributed by atoms with Crippen molar-refractivity contribution in [3.8, 4) is 16.5 Å². The van der Waals surface area contributed by atoms with E-state index in [2.05, 4.69) is 20.8 Å². The molecule has 1 aliphatic heterocycles. The molecule has 288 valence electrons. The van der Waals surface area contributed by atoms with E-state index >= 15 is 0 Å². The van der Waals surface area contributed by atoms with Gasteiger partial charge in [0.15, 0.2) is 11.2 Å². The van der Waals surface area contributed by atoms with Crippen molar-refractivity contribution in [2.24, 2.45) is 0 Å². The van der Waals surface area contributed by atoms with Gasteiger partial charge in [0.2, 0.25) is 0 Å². The zero-order chi connectivity index (χ0) is 38.8. The molecule has 0 spiro atoms. The number of hydrogen-bond donors (Lipinski definition) is 2. The highest BCUT2D eigenvalue weighted by Gasteiger charge is 2.31. The van der Waals surface area contributed by atoms with E-state index in [1.807, 2.05) is 106 Å². The number of benzene rings is 1. The van der Waals surface area contributed by atoms with E-state index in [-0.39, 0.29) is 6.04 Å². The fourth-order valence-electron chi connectivity index (χ4n) is 5.54. The summed E-state index contributed by atoms with van der Waals surface area (Å²) >= 11 is 2.87. The van der Waals surface area contributed by atoms with E-state index < -0.39 is 18.9 Å². The number of ether oxygens (including phenoxy) is 1. The van der Waals surface area contributed by atoms with Gasteiger partial charge in [0.05, 0.1) is 45.7 Å². The number of halogens is 4. The van der Waals surface area contributed by atoms with E-state index in [1.54, 1.807) is 31.0 Å². The molecule has 51 heavy (non-hydrogen) atoms. The monoisotopic (exact) mass is 757 g/mol. The highest BCUT2D eigenvalue weighted by atomic mass is 32.2. The van der Waals surface area contributed by atoms with Crippen molar-refractivity contribution in [1.82, 2.24) is 20.1 Å². The number of rotatable bonds is 9. The molecule has 0 radical (unpaired) electrons. The Morgan fingerprint density at radius 1 is 1.02 bits per heavy atom. The molecule has 0 fully saturated rings. The summed E-state index contributed by atoms with van der Waals surface area (Å²) in [6, 6.07) is 7.51.